The smallest absolute Gasteiger partial charge is 0.410 e. The number of primary amides is 1. The van der Waals surface area contributed by atoms with Crippen LogP contribution in [0.15, 0.2) is 48.5 Å². The van der Waals surface area contributed by atoms with Crippen LogP contribution < -0.4 is 15.8 Å². The van der Waals surface area contributed by atoms with Crippen molar-refractivity contribution in [1.29, 1.82) is 0 Å². The van der Waals surface area contributed by atoms with Crippen LogP contribution in [0, 0.1) is 12.8 Å². The van der Waals surface area contributed by atoms with Crippen molar-refractivity contribution >= 4 is 17.7 Å². The lowest BCUT2D eigenvalue weighted by molar-refractivity contribution is 0.0172. The van der Waals surface area contributed by atoms with Crippen molar-refractivity contribution in [2.75, 3.05) is 25.0 Å². The number of benzene rings is 2. The van der Waals surface area contributed by atoms with E-state index in [1.165, 1.54) is 0 Å². The summed E-state index contributed by atoms with van der Waals surface area (Å²) in [6, 6.07) is 15.3. The van der Waals surface area contributed by atoms with E-state index in [0.717, 1.165) is 48.5 Å². The molecule has 0 radical (unpaired) electrons. The van der Waals surface area contributed by atoms with Gasteiger partial charge in [-0.3, -0.25) is 4.79 Å². The summed E-state index contributed by atoms with van der Waals surface area (Å²) >= 11 is 0. The Morgan fingerprint density at radius 1 is 1.03 bits per heavy atom. The lowest BCUT2D eigenvalue weighted by Gasteiger charge is -2.37. The van der Waals surface area contributed by atoms with Crippen molar-refractivity contribution in [3.8, 4) is 17.2 Å². The van der Waals surface area contributed by atoms with Crippen molar-refractivity contribution in [1.82, 2.24) is 14.7 Å². The zero-order chi connectivity index (χ0) is 27.7. The zero-order valence-electron chi connectivity index (χ0n) is 23.1. The summed E-state index contributed by atoms with van der Waals surface area (Å²) in [5.74, 6) is 1.44. The number of nitrogens with two attached hydrogens (primary N) is 1. The number of carbonyl (C=O) groups excluding carboxylic acids is 2. The Morgan fingerprint density at radius 3 is 2.38 bits per heavy atom. The number of hydrogen-bond acceptors (Lipinski definition) is 6. The van der Waals surface area contributed by atoms with Gasteiger partial charge in [-0.15, -0.1) is 0 Å². The number of likely N-dealkylation sites (tertiary alicyclic amines) is 1. The van der Waals surface area contributed by atoms with E-state index in [0.29, 0.717) is 36.1 Å². The fourth-order valence-electron chi connectivity index (χ4n) is 5.51. The molecule has 2 aliphatic heterocycles. The van der Waals surface area contributed by atoms with Crippen LogP contribution in [0.1, 0.15) is 67.7 Å². The normalized spacial score (nSPS) is 17.7. The first-order valence-corrected chi connectivity index (χ1v) is 13.6. The first-order valence-electron chi connectivity index (χ1n) is 13.6. The maximum Gasteiger partial charge on any atom is 0.410 e. The molecule has 2 amide bonds. The topological polar surface area (TPSA) is 112 Å². The second-order valence-corrected chi connectivity index (χ2v) is 11.4. The molecule has 5 rings (SSSR count). The lowest BCUT2D eigenvalue weighted by atomic mass is 9.78. The fourth-order valence-corrected chi connectivity index (χ4v) is 5.51. The number of anilines is 1. The Morgan fingerprint density at radius 2 is 1.74 bits per heavy atom. The largest absolute Gasteiger partial charge is 0.457 e. The minimum atomic E-state index is -0.531. The van der Waals surface area contributed by atoms with Crippen LogP contribution in [0.5, 0.6) is 11.5 Å². The zero-order valence-corrected chi connectivity index (χ0v) is 23.1. The Balaban J connectivity index is 1.35. The molecule has 3 aromatic rings. The molecule has 1 fully saturated rings. The number of carbonyl (C=O) groups is 2. The standard InChI is InChI=1S/C30H37N5O4/c1-19-6-5-7-23(18-19)38-22-10-8-21(9-11-22)35-27(28(31)36)26-25(33-35)24(12-15-32-26)20-13-16-34(17-14-20)29(37)39-30(2,3)4/h5-11,18,20,24,32H,12-17H2,1-4H3,(H2,31,36). The summed E-state index contributed by atoms with van der Waals surface area (Å²) < 4.78 is 13.2. The number of hydrogen-bond donors (Lipinski definition) is 2. The van der Waals surface area contributed by atoms with E-state index in [4.69, 9.17) is 20.3 Å². The average molecular weight is 532 g/mol. The van der Waals surface area contributed by atoms with Gasteiger partial charge in [-0.2, -0.15) is 5.10 Å². The van der Waals surface area contributed by atoms with Gasteiger partial charge < -0.3 is 25.4 Å². The van der Waals surface area contributed by atoms with Crippen molar-refractivity contribution in [3.05, 3.63) is 65.5 Å². The van der Waals surface area contributed by atoms with Gasteiger partial charge in [0.15, 0.2) is 5.69 Å². The van der Waals surface area contributed by atoms with Crippen molar-refractivity contribution in [2.24, 2.45) is 11.7 Å². The quantitative estimate of drug-likeness (QED) is 0.442. The molecular formula is C30H37N5O4. The van der Waals surface area contributed by atoms with Gasteiger partial charge >= 0.3 is 6.09 Å². The number of amides is 2. The summed E-state index contributed by atoms with van der Waals surface area (Å²) in [4.78, 5) is 26.9. The number of nitrogens with zero attached hydrogens (tertiary/aromatic N) is 3. The van der Waals surface area contributed by atoms with Gasteiger partial charge in [-0.25, -0.2) is 9.48 Å². The van der Waals surface area contributed by atoms with Crippen LogP contribution in [-0.2, 0) is 4.74 Å². The van der Waals surface area contributed by atoms with Crippen molar-refractivity contribution in [3.63, 3.8) is 0 Å². The Labute approximate surface area is 229 Å². The SMILES string of the molecule is Cc1cccc(Oc2ccc(-n3nc4c(c3C(N)=O)NCCC4C3CCN(C(=O)OC(C)(C)C)CC3)cc2)c1. The van der Waals surface area contributed by atoms with Crippen molar-refractivity contribution < 1.29 is 19.1 Å². The molecule has 206 valence electrons. The van der Waals surface area contributed by atoms with E-state index >= 15 is 0 Å². The molecule has 2 aliphatic rings. The maximum atomic E-state index is 12.6. The molecule has 1 unspecified atom stereocenters. The minimum Gasteiger partial charge on any atom is -0.457 e. The third kappa shape index (κ3) is 5.87. The number of aryl methyl sites for hydroxylation is 1. The van der Waals surface area contributed by atoms with Gasteiger partial charge in [0, 0.05) is 25.6 Å². The first kappa shape index (κ1) is 26.6. The Bertz CT molecular complexity index is 1350. The summed E-state index contributed by atoms with van der Waals surface area (Å²) in [6.45, 7) is 9.68. The summed E-state index contributed by atoms with van der Waals surface area (Å²) in [6.07, 6.45) is 2.35. The van der Waals surface area contributed by atoms with Gasteiger partial charge in [0.1, 0.15) is 17.1 Å². The molecule has 1 saturated heterocycles. The molecule has 9 nitrogen and oxygen atoms in total. The number of aromatic nitrogens is 2. The van der Waals surface area contributed by atoms with E-state index in [-0.39, 0.29) is 12.0 Å². The molecule has 1 atom stereocenters. The lowest BCUT2D eigenvalue weighted by Crippen LogP contribution is -2.43. The molecule has 0 spiro atoms. The molecule has 0 bridgehead atoms. The van der Waals surface area contributed by atoms with E-state index < -0.39 is 11.5 Å². The second kappa shape index (κ2) is 10.6. The van der Waals surface area contributed by atoms with Crippen LogP contribution in [0.4, 0.5) is 10.5 Å². The molecule has 3 heterocycles. The monoisotopic (exact) mass is 531 g/mol. The number of ether oxygens (including phenoxy) is 2. The maximum absolute atomic E-state index is 12.6. The molecule has 3 N–H and O–H groups in total. The second-order valence-electron chi connectivity index (χ2n) is 11.4. The van der Waals surface area contributed by atoms with E-state index in [2.05, 4.69) is 5.32 Å². The van der Waals surface area contributed by atoms with Crippen molar-refractivity contribution in [2.45, 2.75) is 58.5 Å². The predicted molar refractivity (Wildman–Crippen MR) is 150 cm³/mol. The molecule has 1 aromatic heterocycles. The van der Waals surface area contributed by atoms with E-state index in [1.54, 1.807) is 9.58 Å². The molecule has 9 heteroatoms. The minimum absolute atomic E-state index is 0.172. The third-order valence-electron chi connectivity index (χ3n) is 7.32. The summed E-state index contributed by atoms with van der Waals surface area (Å²) in [7, 11) is 0. The van der Waals surface area contributed by atoms with Gasteiger partial charge in [-0.1, -0.05) is 12.1 Å². The highest BCUT2D eigenvalue weighted by Gasteiger charge is 2.37. The van der Waals surface area contributed by atoms with Gasteiger partial charge in [0.25, 0.3) is 5.91 Å². The molecule has 2 aromatic carbocycles. The Hall–Kier alpha value is -4.01. The summed E-state index contributed by atoms with van der Waals surface area (Å²) in [5.41, 5.74) is 9.15. The molecular weight excluding hydrogens is 494 g/mol. The average Bonchev–Trinajstić information content (AvgIpc) is 3.28. The van der Waals surface area contributed by atoms with Crippen LogP contribution in [0.2, 0.25) is 0 Å². The first-order chi connectivity index (χ1) is 18.6. The van der Waals surface area contributed by atoms with Crippen LogP contribution >= 0.6 is 0 Å². The van der Waals surface area contributed by atoms with Crippen LogP contribution in [0.3, 0.4) is 0 Å². The molecule has 0 aliphatic carbocycles. The number of nitrogens with one attached hydrogen (secondary N) is 1. The highest BCUT2D eigenvalue weighted by molar-refractivity contribution is 5.98. The summed E-state index contributed by atoms with van der Waals surface area (Å²) in [5, 5.41) is 8.31. The van der Waals surface area contributed by atoms with Gasteiger partial charge in [-0.05, 0) is 94.8 Å². The molecule has 0 saturated carbocycles. The highest BCUT2D eigenvalue weighted by Crippen LogP contribution is 2.42. The van der Waals surface area contributed by atoms with E-state index in [1.807, 2.05) is 76.2 Å². The molecule has 39 heavy (non-hydrogen) atoms. The van der Waals surface area contributed by atoms with Crippen LogP contribution in [0.25, 0.3) is 5.69 Å². The van der Waals surface area contributed by atoms with E-state index in [9.17, 15) is 9.59 Å². The number of rotatable bonds is 5. The predicted octanol–water partition coefficient (Wildman–Crippen LogP) is 5.62. The fraction of sp³-hybridized carbons (Fsp3) is 0.433. The highest BCUT2D eigenvalue weighted by atomic mass is 16.6. The number of fused-ring (bicyclic) bond motifs is 1. The third-order valence-corrected chi connectivity index (χ3v) is 7.32. The van der Waals surface area contributed by atoms with Gasteiger partial charge in [0.2, 0.25) is 0 Å². The Kier molecular flexibility index (Phi) is 7.25. The van der Waals surface area contributed by atoms with Crippen LogP contribution in [-0.4, -0.2) is 51.9 Å². The number of piperidine rings is 1. The van der Waals surface area contributed by atoms with Gasteiger partial charge in [0.05, 0.1) is 17.1 Å².